The number of anilines is 2. The van der Waals surface area contributed by atoms with Crippen molar-refractivity contribution in [3.8, 4) is 0 Å². The van der Waals surface area contributed by atoms with Crippen LogP contribution in [0.4, 0.5) is 24.5 Å². The summed E-state index contributed by atoms with van der Waals surface area (Å²) in [6.45, 7) is 3.98. The molecule has 13 heteroatoms. The van der Waals surface area contributed by atoms with E-state index in [1.54, 1.807) is 43.1 Å². The third-order valence-electron chi connectivity index (χ3n) is 6.10. The summed E-state index contributed by atoms with van der Waals surface area (Å²) in [6.07, 6.45) is -3.27. The van der Waals surface area contributed by atoms with Crippen molar-refractivity contribution in [3.05, 3.63) is 64.8 Å². The third-order valence-corrected chi connectivity index (χ3v) is 8.10. The molecule has 1 aromatic heterocycles. The first-order valence-corrected chi connectivity index (χ1v) is 13.9. The lowest BCUT2D eigenvalue weighted by Gasteiger charge is -2.34. The highest BCUT2D eigenvalue weighted by atomic mass is 35.5. The number of fused-ring (bicyclic) bond motifs is 1. The van der Waals surface area contributed by atoms with Crippen molar-refractivity contribution in [1.29, 1.82) is 0 Å². The van der Waals surface area contributed by atoms with Crippen molar-refractivity contribution in [3.63, 3.8) is 0 Å². The van der Waals surface area contributed by atoms with Gasteiger partial charge in [0, 0.05) is 40.8 Å². The quantitative estimate of drug-likeness (QED) is 0.358. The van der Waals surface area contributed by atoms with Crippen molar-refractivity contribution in [2.75, 3.05) is 23.2 Å². The van der Waals surface area contributed by atoms with Crippen LogP contribution in [-0.2, 0) is 16.2 Å². The molecule has 0 spiro atoms. The molecule has 8 nitrogen and oxygen atoms in total. The minimum atomic E-state index is -4.62. The summed E-state index contributed by atoms with van der Waals surface area (Å²) in [5.74, 6) is -0.386. The molecular weight excluding hydrogens is 543 g/mol. The number of sulfonamides is 1. The minimum Gasteiger partial charge on any atom is -0.348 e. The van der Waals surface area contributed by atoms with Gasteiger partial charge in [-0.25, -0.2) is 18.4 Å². The molecule has 1 amide bonds. The van der Waals surface area contributed by atoms with E-state index in [1.165, 1.54) is 18.2 Å². The van der Waals surface area contributed by atoms with E-state index in [1.807, 2.05) is 0 Å². The average molecular weight is 570 g/mol. The molecule has 1 fully saturated rings. The van der Waals surface area contributed by atoms with Gasteiger partial charge >= 0.3 is 6.18 Å². The van der Waals surface area contributed by atoms with E-state index < -0.39 is 27.1 Å². The van der Waals surface area contributed by atoms with E-state index in [2.05, 4.69) is 20.4 Å². The summed E-state index contributed by atoms with van der Waals surface area (Å²) in [7, 11) is -3.57. The van der Waals surface area contributed by atoms with Crippen LogP contribution in [-0.4, -0.2) is 48.7 Å². The fourth-order valence-electron chi connectivity index (χ4n) is 4.08. The zero-order chi connectivity index (χ0) is 27.7. The number of hydrogen-bond donors (Lipinski definition) is 3. The van der Waals surface area contributed by atoms with Gasteiger partial charge in [0.25, 0.3) is 5.91 Å². The van der Waals surface area contributed by atoms with Crippen LogP contribution in [0, 0.1) is 0 Å². The number of benzene rings is 2. The molecule has 1 aliphatic rings. The van der Waals surface area contributed by atoms with Crippen molar-refractivity contribution >= 4 is 49.8 Å². The topological polar surface area (TPSA) is 103 Å². The molecule has 1 saturated heterocycles. The Balaban J connectivity index is 1.48. The van der Waals surface area contributed by atoms with Crippen molar-refractivity contribution in [1.82, 2.24) is 15.3 Å². The summed E-state index contributed by atoms with van der Waals surface area (Å²) in [5.41, 5.74) is 2.96. The van der Waals surface area contributed by atoms with Gasteiger partial charge in [-0.2, -0.15) is 13.2 Å². The van der Waals surface area contributed by atoms with Crippen molar-refractivity contribution in [2.24, 2.45) is 0 Å². The van der Waals surface area contributed by atoms with Gasteiger partial charge in [-0.15, -0.1) is 0 Å². The monoisotopic (exact) mass is 569 g/mol. The van der Waals surface area contributed by atoms with Crippen LogP contribution >= 0.6 is 11.6 Å². The molecule has 1 aliphatic heterocycles. The Morgan fingerprint density at radius 1 is 1.16 bits per heavy atom. The fraction of sp³-hybridized carbons (Fsp3) is 0.360. The van der Waals surface area contributed by atoms with Gasteiger partial charge in [0.2, 0.25) is 10.0 Å². The minimum absolute atomic E-state index is 0.154. The number of pyridine rings is 1. The maximum absolute atomic E-state index is 13.5. The molecule has 0 saturated carbocycles. The first-order chi connectivity index (χ1) is 17.8. The van der Waals surface area contributed by atoms with Gasteiger partial charge in [0.15, 0.2) is 0 Å². The van der Waals surface area contributed by atoms with Gasteiger partial charge in [-0.05, 0) is 69.2 Å². The predicted octanol–water partition coefficient (Wildman–Crippen LogP) is 5.28. The normalized spacial score (nSPS) is 17.0. The maximum Gasteiger partial charge on any atom is 0.433 e. The lowest BCUT2D eigenvalue weighted by atomic mass is 10.1. The number of amides is 1. The van der Waals surface area contributed by atoms with Gasteiger partial charge < -0.3 is 10.7 Å². The molecule has 38 heavy (non-hydrogen) atoms. The molecular formula is C25H27ClF3N5O3S. The highest BCUT2D eigenvalue weighted by Crippen LogP contribution is 2.34. The predicted molar refractivity (Wildman–Crippen MR) is 142 cm³/mol. The van der Waals surface area contributed by atoms with Gasteiger partial charge in [0.1, 0.15) is 5.69 Å². The molecule has 0 aliphatic carbocycles. The van der Waals surface area contributed by atoms with Crippen LogP contribution in [0.25, 0.3) is 10.9 Å². The third kappa shape index (κ3) is 6.66. The van der Waals surface area contributed by atoms with E-state index in [9.17, 15) is 26.4 Å². The molecule has 0 bridgehead atoms. The summed E-state index contributed by atoms with van der Waals surface area (Å²) < 4.78 is 67.2. The largest absolute Gasteiger partial charge is 0.433 e. The second-order valence-electron chi connectivity index (χ2n) is 9.36. The zero-order valence-corrected chi connectivity index (χ0v) is 22.2. The van der Waals surface area contributed by atoms with Crippen molar-refractivity contribution < 1.29 is 26.4 Å². The van der Waals surface area contributed by atoms with Gasteiger partial charge in [0.05, 0.1) is 16.5 Å². The number of alkyl halides is 3. The molecule has 3 aromatic rings. The second-order valence-corrected chi connectivity index (χ2v) is 12.0. The molecule has 0 unspecified atom stereocenters. The molecule has 3 N–H and O–H groups in total. The molecule has 2 aromatic carbocycles. The first kappa shape index (κ1) is 27.9. The molecule has 204 valence electrons. The fourth-order valence-corrected chi connectivity index (χ4v) is 4.94. The average Bonchev–Trinajstić information content (AvgIpc) is 2.83. The Labute approximate surface area is 223 Å². The summed E-state index contributed by atoms with van der Waals surface area (Å²) in [6, 6.07) is 11.3. The smallest absolute Gasteiger partial charge is 0.348 e. The van der Waals surface area contributed by atoms with Crippen LogP contribution < -0.4 is 15.5 Å². The molecule has 0 radical (unpaired) electrons. The molecule has 1 atom stereocenters. The number of halogens is 4. The number of piperidine rings is 1. The second kappa shape index (κ2) is 11.0. The van der Waals surface area contributed by atoms with Crippen LogP contribution in [0.1, 0.15) is 42.7 Å². The van der Waals surface area contributed by atoms with Gasteiger partial charge in [-0.1, -0.05) is 17.7 Å². The Kier molecular flexibility index (Phi) is 8.05. The molecule has 2 heterocycles. The number of nitrogens with one attached hydrogen (secondary N) is 3. The number of hydrazine groups is 1. The number of carbonyl (C=O) groups is 1. The lowest BCUT2D eigenvalue weighted by molar-refractivity contribution is -0.140. The Morgan fingerprint density at radius 2 is 1.92 bits per heavy atom. The van der Waals surface area contributed by atoms with Crippen molar-refractivity contribution in [2.45, 2.75) is 44.2 Å². The van der Waals surface area contributed by atoms with E-state index in [0.717, 1.165) is 6.07 Å². The summed E-state index contributed by atoms with van der Waals surface area (Å²) >= 11 is 6.09. The van der Waals surface area contributed by atoms with Crippen LogP contribution in [0.5, 0.6) is 0 Å². The number of rotatable bonds is 7. The number of aromatic nitrogens is 1. The van der Waals surface area contributed by atoms with E-state index in [0.29, 0.717) is 36.3 Å². The standard InChI is InChI=1S/C25H27ClF3N5O3S/c1-15(2)38(36,37)33-18-6-3-5-16(11-18)24(35)30-19-7-4-10-34(14-19)32-22-13-23(25(27,28)29)31-21-9-8-17(26)12-20(21)22/h3,5-6,8-9,11-13,15,19,33H,4,7,10,14H2,1-2H3,(H,30,35)(H,31,32)/t19-/m1/s1. The molecule has 4 rings (SSSR count). The van der Waals surface area contributed by atoms with E-state index >= 15 is 0 Å². The number of carbonyl (C=O) groups excluding carboxylic acids is 1. The summed E-state index contributed by atoms with van der Waals surface area (Å²) in [4.78, 5) is 16.6. The first-order valence-electron chi connectivity index (χ1n) is 11.9. The van der Waals surface area contributed by atoms with Crippen LogP contribution in [0.3, 0.4) is 0 Å². The zero-order valence-electron chi connectivity index (χ0n) is 20.6. The SMILES string of the molecule is CC(C)S(=O)(=O)Nc1cccc(C(=O)N[C@@H]2CCCN(Nc3cc(C(F)(F)F)nc4ccc(Cl)cc34)C2)c1. The van der Waals surface area contributed by atoms with E-state index in [-0.39, 0.29) is 34.4 Å². The van der Waals surface area contributed by atoms with E-state index in [4.69, 9.17) is 11.6 Å². The lowest BCUT2D eigenvalue weighted by Crippen LogP contribution is -2.49. The summed E-state index contributed by atoms with van der Waals surface area (Å²) in [5, 5.41) is 4.85. The Bertz CT molecular complexity index is 1450. The highest BCUT2D eigenvalue weighted by Gasteiger charge is 2.34. The Morgan fingerprint density at radius 3 is 2.63 bits per heavy atom. The highest BCUT2D eigenvalue weighted by molar-refractivity contribution is 7.93. The number of hydrogen-bond acceptors (Lipinski definition) is 6. The Hall–Kier alpha value is -3.09. The number of nitrogens with zero attached hydrogens (tertiary/aromatic N) is 2. The van der Waals surface area contributed by atoms with Gasteiger partial charge in [-0.3, -0.25) is 9.52 Å². The van der Waals surface area contributed by atoms with Crippen LogP contribution in [0.2, 0.25) is 5.02 Å². The van der Waals surface area contributed by atoms with Crippen LogP contribution in [0.15, 0.2) is 48.5 Å². The maximum atomic E-state index is 13.5.